The molecule has 0 radical (unpaired) electrons. The first-order valence-electron chi connectivity index (χ1n) is 7.87. The lowest BCUT2D eigenvalue weighted by Crippen LogP contribution is -2.45. The van der Waals surface area contributed by atoms with E-state index in [0.717, 1.165) is 5.56 Å². The van der Waals surface area contributed by atoms with E-state index in [4.69, 9.17) is 5.73 Å². The van der Waals surface area contributed by atoms with Crippen LogP contribution in [0.4, 0.5) is 0 Å². The van der Waals surface area contributed by atoms with Crippen molar-refractivity contribution in [1.82, 2.24) is 10.3 Å². The van der Waals surface area contributed by atoms with Crippen molar-refractivity contribution in [3.63, 3.8) is 0 Å². The fraction of sp³-hybridized carbons (Fsp3) is 0.316. The monoisotopic (exact) mass is 325 g/mol. The summed E-state index contributed by atoms with van der Waals surface area (Å²) in [6, 6.07) is 10.4. The lowest BCUT2D eigenvalue weighted by Gasteiger charge is -2.20. The van der Waals surface area contributed by atoms with Gasteiger partial charge >= 0.3 is 0 Å². The molecule has 126 valence electrons. The normalized spacial score (nSPS) is 12.5. The Bertz CT molecular complexity index is 704. The molecule has 0 aliphatic rings. The number of nitrogens with zero attached hydrogens (tertiary/aromatic N) is 1. The van der Waals surface area contributed by atoms with Crippen LogP contribution in [0.5, 0.6) is 0 Å². The third-order valence-electron chi connectivity index (χ3n) is 3.85. The summed E-state index contributed by atoms with van der Waals surface area (Å²) in [4.78, 5) is 27.7. The summed E-state index contributed by atoms with van der Waals surface area (Å²) in [7, 11) is 0. The third-order valence-corrected chi connectivity index (χ3v) is 3.85. The lowest BCUT2D eigenvalue weighted by molar-refractivity contribution is -0.119. The predicted octanol–water partition coefficient (Wildman–Crippen LogP) is 2.21. The van der Waals surface area contributed by atoms with Crippen LogP contribution in [0.25, 0.3) is 0 Å². The van der Waals surface area contributed by atoms with Crippen LogP contribution >= 0.6 is 0 Å². The van der Waals surface area contributed by atoms with E-state index in [9.17, 15) is 9.59 Å². The molecule has 0 unspecified atom stereocenters. The van der Waals surface area contributed by atoms with Crippen molar-refractivity contribution in [1.29, 1.82) is 0 Å². The first-order valence-corrected chi connectivity index (χ1v) is 7.87. The molecule has 0 saturated heterocycles. The number of benzene rings is 1. The zero-order chi connectivity index (χ0) is 17.7. The molecule has 2 aromatic rings. The first kappa shape index (κ1) is 17.7. The summed E-state index contributed by atoms with van der Waals surface area (Å²) in [6.07, 6.45) is 3.41. The van der Waals surface area contributed by atoms with Gasteiger partial charge in [-0.25, -0.2) is 0 Å². The van der Waals surface area contributed by atoms with Crippen molar-refractivity contribution in [2.45, 2.75) is 38.6 Å². The number of pyridine rings is 1. The highest BCUT2D eigenvalue weighted by molar-refractivity contribution is 5.97. The zero-order valence-electron chi connectivity index (χ0n) is 14.2. The summed E-state index contributed by atoms with van der Waals surface area (Å²) in [5.41, 5.74) is 8.11. The van der Waals surface area contributed by atoms with Gasteiger partial charge in [-0.2, -0.15) is 0 Å². The number of hydrogen-bond acceptors (Lipinski definition) is 3. The highest BCUT2D eigenvalue weighted by Crippen LogP contribution is 2.22. The predicted molar refractivity (Wildman–Crippen MR) is 93.5 cm³/mol. The minimum absolute atomic E-state index is 0.0666. The number of hydrogen-bond donors (Lipinski definition) is 2. The topological polar surface area (TPSA) is 85.1 Å². The molecule has 3 N–H and O–H groups in total. The maximum absolute atomic E-state index is 12.2. The zero-order valence-corrected chi connectivity index (χ0v) is 14.2. The van der Waals surface area contributed by atoms with Crippen molar-refractivity contribution >= 4 is 11.8 Å². The average molecular weight is 325 g/mol. The second-order valence-electron chi connectivity index (χ2n) is 6.82. The second-order valence-corrected chi connectivity index (χ2v) is 6.82. The fourth-order valence-corrected chi connectivity index (χ4v) is 2.34. The van der Waals surface area contributed by atoms with Gasteiger partial charge in [-0.05, 0) is 28.7 Å². The van der Waals surface area contributed by atoms with E-state index in [2.05, 4.69) is 31.1 Å². The summed E-state index contributed by atoms with van der Waals surface area (Å²) in [5, 5.41) is 2.68. The molecule has 0 spiro atoms. The van der Waals surface area contributed by atoms with Gasteiger partial charge in [0.15, 0.2) is 0 Å². The number of rotatable bonds is 5. The van der Waals surface area contributed by atoms with E-state index in [1.54, 1.807) is 12.1 Å². The minimum Gasteiger partial charge on any atom is -0.368 e. The number of nitrogens with one attached hydrogen (secondary N) is 1. The van der Waals surface area contributed by atoms with E-state index < -0.39 is 11.9 Å². The van der Waals surface area contributed by atoms with E-state index >= 15 is 0 Å². The Balaban J connectivity index is 2.09. The Kier molecular flexibility index (Phi) is 5.34. The van der Waals surface area contributed by atoms with Crippen LogP contribution in [0.3, 0.4) is 0 Å². The van der Waals surface area contributed by atoms with Gasteiger partial charge in [0.25, 0.3) is 5.91 Å². The van der Waals surface area contributed by atoms with Gasteiger partial charge in [0.1, 0.15) is 6.04 Å². The van der Waals surface area contributed by atoms with Gasteiger partial charge in [0, 0.05) is 24.4 Å². The molecule has 1 aromatic heterocycles. The molecule has 2 amide bonds. The van der Waals surface area contributed by atoms with Gasteiger partial charge in [-0.15, -0.1) is 0 Å². The molecule has 1 heterocycles. The Labute approximate surface area is 142 Å². The maximum Gasteiger partial charge on any atom is 0.252 e. The van der Waals surface area contributed by atoms with Gasteiger partial charge in [-0.3, -0.25) is 14.6 Å². The van der Waals surface area contributed by atoms with Gasteiger partial charge in [0.2, 0.25) is 5.91 Å². The minimum atomic E-state index is -0.758. The van der Waals surface area contributed by atoms with Crippen LogP contribution in [0.1, 0.15) is 42.3 Å². The highest BCUT2D eigenvalue weighted by atomic mass is 16.2. The molecule has 5 nitrogen and oxygen atoms in total. The largest absolute Gasteiger partial charge is 0.368 e. The summed E-state index contributed by atoms with van der Waals surface area (Å²) in [6.45, 7) is 6.43. The summed E-state index contributed by atoms with van der Waals surface area (Å²) in [5.74, 6) is -0.898. The Morgan fingerprint density at radius 2 is 1.67 bits per heavy atom. The van der Waals surface area contributed by atoms with Crippen LogP contribution in [0.2, 0.25) is 0 Å². The van der Waals surface area contributed by atoms with Gasteiger partial charge in [-0.1, -0.05) is 45.0 Å². The molecule has 0 bridgehead atoms. The van der Waals surface area contributed by atoms with Crippen molar-refractivity contribution in [3.8, 4) is 0 Å². The van der Waals surface area contributed by atoms with Gasteiger partial charge in [0.05, 0.1) is 0 Å². The molecule has 0 aliphatic carbocycles. The maximum atomic E-state index is 12.2. The van der Waals surface area contributed by atoms with E-state index in [0.29, 0.717) is 12.0 Å². The molecule has 0 fully saturated rings. The Hall–Kier alpha value is -2.69. The number of nitrogens with two attached hydrogens (primary N) is 1. The summed E-state index contributed by atoms with van der Waals surface area (Å²) < 4.78 is 0. The average Bonchev–Trinajstić information content (AvgIpc) is 2.54. The van der Waals surface area contributed by atoms with Crippen molar-refractivity contribution in [3.05, 3.63) is 65.5 Å². The van der Waals surface area contributed by atoms with Crippen LogP contribution in [-0.4, -0.2) is 22.8 Å². The van der Waals surface area contributed by atoms with E-state index in [-0.39, 0.29) is 11.3 Å². The molecular weight excluding hydrogens is 302 g/mol. The molecule has 2 rings (SSSR count). The molecule has 1 aromatic carbocycles. The quantitative estimate of drug-likeness (QED) is 0.884. The van der Waals surface area contributed by atoms with E-state index in [1.807, 2.05) is 24.3 Å². The second kappa shape index (κ2) is 7.25. The number of carbonyl (C=O) groups excluding carboxylic acids is 2. The molecule has 24 heavy (non-hydrogen) atoms. The number of aromatic nitrogens is 1. The smallest absolute Gasteiger partial charge is 0.252 e. The van der Waals surface area contributed by atoms with Crippen LogP contribution in [-0.2, 0) is 16.6 Å². The van der Waals surface area contributed by atoms with Crippen LogP contribution < -0.4 is 11.1 Å². The lowest BCUT2D eigenvalue weighted by atomic mass is 9.86. The molecule has 0 aliphatic heterocycles. The summed E-state index contributed by atoms with van der Waals surface area (Å²) >= 11 is 0. The molecule has 0 saturated carbocycles. The SMILES string of the molecule is CC(C)(C)c1ccc(C[C@H](NC(=O)c2ccncc2)C(N)=O)cc1. The number of amides is 2. The highest BCUT2D eigenvalue weighted by Gasteiger charge is 2.20. The Morgan fingerprint density at radius 3 is 2.17 bits per heavy atom. The third kappa shape index (κ3) is 4.65. The molecular formula is C19H23N3O2. The van der Waals surface area contributed by atoms with Crippen molar-refractivity contribution < 1.29 is 9.59 Å². The van der Waals surface area contributed by atoms with Crippen LogP contribution in [0, 0.1) is 0 Å². The standard InChI is InChI=1S/C19H23N3O2/c1-19(2,3)15-6-4-13(5-7-15)12-16(17(20)23)22-18(24)14-8-10-21-11-9-14/h4-11,16H,12H2,1-3H3,(H2,20,23)(H,22,24)/t16-/m0/s1. The first-order chi connectivity index (χ1) is 11.3. The molecule has 5 heteroatoms. The van der Waals surface area contributed by atoms with Crippen molar-refractivity contribution in [2.24, 2.45) is 5.73 Å². The van der Waals surface area contributed by atoms with E-state index in [1.165, 1.54) is 18.0 Å². The van der Waals surface area contributed by atoms with Crippen LogP contribution in [0.15, 0.2) is 48.8 Å². The number of carbonyl (C=O) groups is 2. The fourth-order valence-electron chi connectivity index (χ4n) is 2.34. The molecule has 1 atom stereocenters. The Morgan fingerprint density at radius 1 is 1.08 bits per heavy atom. The van der Waals surface area contributed by atoms with Gasteiger partial charge < -0.3 is 11.1 Å². The number of primary amides is 1. The van der Waals surface area contributed by atoms with Crippen molar-refractivity contribution in [2.75, 3.05) is 0 Å².